The number of benzene rings is 1. The van der Waals surface area contributed by atoms with E-state index in [1.807, 2.05) is 0 Å². The minimum absolute atomic E-state index is 0.299. The highest BCUT2D eigenvalue weighted by atomic mass is 19.1. The van der Waals surface area contributed by atoms with Gasteiger partial charge in [-0.15, -0.1) is 0 Å². The van der Waals surface area contributed by atoms with Gasteiger partial charge in [0.15, 0.2) is 0 Å². The Balaban J connectivity index is 2.18. The summed E-state index contributed by atoms with van der Waals surface area (Å²) in [4.78, 5) is 10.9. The second kappa shape index (κ2) is 5.41. The number of hydrogen-bond acceptors (Lipinski definition) is 2. The molecule has 2 rings (SSSR count). The Kier molecular flexibility index (Phi) is 3.89. The molecule has 1 saturated heterocycles. The average molecular weight is 235 g/mol. The van der Waals surface area contributed by atoms with E-state index in [-0.39, 0.29) is 5.82 Å². The lowest BCUT2D eigenvalue weighted by Crippen LogP contribution is -2.35. The lowest BCUT2D eigenvalue weighted by molar-refractivity contribution is 0.112. The van der Waals surface area contributed by atoms with E-state index >= 15 is 0 Å². The van der Waals surface area contributed by atoms with Gasteiger partial charge in [-0.1, -0.05) is 12.5 Å². The summed E-state index contributed by atoms with van der Waals surface area (Å²) in [6.07, 6.45) is 5.15. The van der Waals surface area contributed by atoms with Gasteiger partial charge in [0.25, 0.3) is 0 Å². The summed E-state index contributed by atoms with van der Waals surface area (Å²) in [5.41, 5.74) is 2.06. The highest BCUT2D eigenvalue weighted by Crippen LogP contribution is 2.18. The molecule has 0 amide bonds. The lowest BCUT2D eigenvalue weighted by Gasteiger charge is -2.24. The van der Waals surface area contributed by atoms with Crippen LogP contribution in [-0.4, -0.2) is 18.9 Å². The van der Waals surface area contributed by atoms with Gasteiger partial charge in [-0.05, 0) is 49.9 Å². The van der Waals surface area contributed by atoms with Crippen molar-refractivity contribution >= 4 is 6.29 Å². The number of carbonyl (C=O) groups is 1. The fourth-order valence-electron chi connectivity index (χ4n) is 2.41. The zero-order valence-electron chi connectivity index (χ0n) is 10.1. The van der Waals surface area contributed by atoms with Crippen molar-refractivity contribution in [2.45, 2.75) is 38.6 Å². The van der Waals surface area contributed by atoms with Gasteiger partial charge < -0.3 is 5.32 Å². The van der Waals surface area contributed by atoms with Crippen molar-refractivity contribution < 1.29 is 9.18 Å². The Morgan fingerprint density at radius 3 is 2.94 bits per heavy atom. The third-order valence-corrected chi connectivity index (χ3v) is 3.43. The first-order chi connectivity index (χ1) is 8.20. The summed E-state index contributed by atoms with van der Waals surface area (Å²) in [6, 6.07) is 3.57. The fraction of sp³-hybridized carbons (Fsp3) is 0.500. The monoisotopic (exact) mass is 235 g/mol. The van der Waals surface area contributed by atoms with Crippen LogP contribution < -0.4 is 5.32 Å². The number of carbonyl (C=O) groups excluding carboxylic acids is 1. The van der Waals surface area contributed by atoms with Crippen LogP contribution in [0.2, 0.25) is 0 Å². The Bertz CT molecular complexity index is 411. The first-order valence-corrected chi connectivity index (χ1v) is 6.18. The molecule has 1 unspecified atom stereocenters. The molecule has 0 radical (unpaired) electrons. The molecule has 1 aliphatic heterocycles. The number of nitrogens with one attached hydrogen (secondary N) is 1. The van der Waals surface area contributed by atoms with E-state index in [0.717, 1.165) is 31.2 Å². The van der Waals surface area contributed by atoms with Crippen LogP contribution in [0.1, 0.15) is 40.7 Å². The third kappa shape index (κ3) is 2.91. The SMILES string of the molecule is Cc1cc(CC2CCCCN2)c(C=O)cc1F. The third-order valence-electron chi connectivity index (χ3n) is 3.43. The molecule has 0 aliphatic carbocycles. The van der Waals surface area contributed by atoms with Crippen LogP contribution in [0.5, 0.6) is 0 Å². The zero-order chi connectivity index (χ0) is 12.3. The number of aryl methyl sites for hydroxylation is 1. The van der Waals surface area contributed by atoms with Crippen LogP contribution in [-0.2, 0) is 6.42 Å². The van der Waals surface area contributed by atoms with Crippen molar-refractivity contribution in [2.24, 2.45) is 0 Å². The number of halogens is 1. The topological polar surface area (TPSA) is 29.1 Å². The highest BCUT2D eigenvalue weighted by molar-refractivity contribution is 5.77. The maximum Gasteiger partial charge on any atom is 0.150 e. The molecular formula is C14H18FNO. The van der Waals surface area contributed by atoms with Crippen molar-refractivity contribution in [3.63, 3.8) is 0 Å². The maximum atomic E-state index is 13.4. The first-order valence-electron chi connectivity index (χ1n) is 6.18. The molecule has 0 bridgehead atoms. The largest absolute Gasteiger partial charge is 0.314 e. The molecule has 1 aromatic carbocycles. The maximum absolute atomic E-state index is 13.4. The van der Waals surface area contributed by atoms with Gasteiger partial charge in [-0.25, -0.2) is 4.39 Å². The first kappa shape index (κ1) is 12.2. The number of aldehydes is 1. The molecule has 1 atom stereocenters. The molecule has 1 N–H and O–H groups in total. The van der Waals surface area contributed by atoms with E-state index < -0.39 is 0 Å². The Morgan fingerprint density at radius 2 is 2.29 bits per heavy atom. The van der Waals surface area contributed by atoms with Crippen LogP contribution in [0, 0.1) is 12.7 Å². The smallest absolute Gasteiger partial charge is 0.150 e. The molecule has 0 saturated carbocycles. The highest BCUT2D eigenvalue weighted by Gasteiger charge is 2.15. The fourth-order valence-corrected chi connectivity index (χ4v) is 2.41. The van der Waals surface area contributed by atoms with Crippen LogP contribution in [0.4, 0.5) is 4.39 Å². The van der Waals surface area contributed by atoms with Gasteiger partial charge in [0.1, 0.15) is 12.1 Å². The average Bonchev–Trinajstić information content (AvgIpc) is 2.35. The molecule has 1 aliphatic rings. The van der Waals surface area contributed by atoms with Gasteiger partial charge in [-0.3, -0.25) is 4.79 Å². The predicted octanol–water partition coefficient (Wildman–Crippen LogP) is 2.63. The zero-order valence-corrected chi connectivity index (χ0v) is 10.1. The molecule has 0 spiro atoms. The van der Waals surface area contributed by atoms with E-state index in [1.165, 1.54) is 18.9 Å². The van der Waals surface area contributed by atoms with Crippen LogP contribution in [0.15, 0.2) is 12.1 Å². The standard InChI is InChI=1S/C14H18FNO/c1-10-6-11(12(9-17)8-14(10)15)7-13-4-2-3-5-16-13/h6,8-9,13,16H,2-5,7H2,1H3. The van der Waals surface area contributed by atoms with Gasteiger partial charge in [0.05, 0.1) is 0 Å². The van der Waals surface area contributed by atoms with E-state index in [0.29, 0.717) is 17.2 Å². The van der Waals surface area contributed by atoms with Crippen molar-refractivity contribution in [2.75, 3.05) is 6.54 Å². The van der Waals surface area contributed by atoms with Crippen molar-refractivity contribution in [3.05, 3.63) is 34.6 Å². The molecule has 17 heavy (non-hydrogen) atoms. The predicted molar refractivity (Wildman–Crippen MR) is 65.9 cm³/mol. The second-order valence-electron chi connectivity index (χ2n) is 4.77. The van der Waals surface area contributed by atoms with E-state index in [2.05, 4.69) is 5.32 Å². The summed E-state index contributed by atoms with van der Waals surface area (Å²) in [7, 11) is 0. The van der Waals surface area contributed by atoms with Crippen molar-refractivity contribution in [1.29, 1.82) is 0 Å². The van der Waals surface area contributed by atoms with Crippen LogP contribution >= 0.6 is 0 Å². The molecule has 3 heteroatoms. The summed E-state index contributed by atoms with van der Waals surface area (Å²) in [6.45, 7) is 2.78. The summed E-state index contributed by atoms with van der Waals surface area (Å²) >= 11 is 0. The molecule has 1 aromatic rings. The number of rotatable bonds is 3. The Morgan fingerprint density at radius 1 is 1.47 bits per heavy atom. The molecule has 1 heterocycles. The molecule has 0 aromatic heterocycles. The summed E-state index contributed by atoms with van der Waals surface area (Å²) in [5, 5.41) is 3.44. The number of piperidine rings is 1. The molecule has 1 fully saturated rings. The van der Waals surface area contributed by atoms with Crippen LogP contribution in [0.25, 0.3) is 0 Å². The van der Waals surface area contributed by atoms with Gasteiger partial charge in [0.2, 0.25) is 0 Å². The Hall–Kier alpha value is -1.22. The minimum Gasteiger partial charge on any atom is -0.314 e. The lowest BCUT2D eigenvalue weighted by atomic mass is 9.94. The molecule has 92 valence electrons. The molecular weight excluding hydrogens is 217 g/mol. The van der Waals surface area contributed by atoms with Crippen LogP contribution in [0.3, 0.4) is 0 Å². The van der Waals surface area contributed by atoms with E-state index in [1.54, 1.807) is 13.0 Å². The molecule has 2 nitrogen and oxygen atoms in total. The van der Waals surface area contributed by atoms with Crippen molar-refractivity contribution in [1.82, 2.24) is 5.32 Å². The number of hydrogen-bond donors (Lipinski definition) is 1. The van der Waals surface area contributed by atoms with E-state index in [9.17, 15) is 9.18 Å². The quantitative estimate of drug-likeness (QED) is 0.816. The normalized spacial score (nSPS) is 20.2. The minimum atomic E-state index is -0.299. The van der Waals surface area contributed by atoms with Crippen molar-refractivity contribution in [3.8, 4) is 0 Å². The van der Waals surface area contributed by atoms with E-state index in [4.69, 9.17) is 0 Å². The van der Waals surface area contributed by atoms with Gasteiger partial charge in [-0.2, -0.15) is 0 Å². The second-order valence-corrected chi connectivity index (χ2v) is 4.77. The summed E-state index contributed by atoms with van der Waals surface area (Å²) < 4.78 is 13.4. The van der Waals surface area contributed by atoms with Gasteiger partial charge >= 0.3 is 0 Å². The van der Waals surface area contributed by atoms with Gasteiger partial charge in [0, 0.05) is 11.6 Å². The summed E-state index contributed by atoms with van der Waals surface area (Å²) in [5.74, 6) is -0.299. The Labute approximate surface area is 101 Å².